The summed E-state index contributed by atoms with van der Waals surface area (Å²) < 4.78 is 24.4. The van der Waals surface area contributed by atoms with E-state index in [4.69, 9.17) is 30.5 Å². The van der Waals surface area contributed by atoms with Gasteiger partial charge < -0.3 is 29.6 Å². The summed E-state index contributed by atoms with van der Waals surface area (Å²) in [4.78, 5) is 18.3. The van der Waals surface area contributed by atoms with E-state index < -0.39 is 6.04 Å². The van der Waals surface area contributed by atoms with Crippen LogP contribution in [0, 0.1) is 0 Å². The molecule has 1 aliphatic rings. The molecule has 1 atom stereocenters. The number of carbonyl (C=O) groups excluding carboxylic acids is 1. The van der Waals surface area contributed by atoms with Crippen LogP contribution in [0.2, 0.25) is 5.02 Å². The molecule has 0 unspecified atom stereocenters. The van der Waals surface area contributed by atoms with E-state index in [0.717, 1.165) is 5.56 Å². The lowest BCUT2D eigenvalue weighted by molar-refractivity contribution is -0.113. The number of ether oxygens (including phenoxy) is 4. The van der Waals surface area contributed by atoms with Crippen molar-refractivity contribution in [2.75, 3.05) is 32.0 Å². The monoisotopic (exact) mass is 561 g/mol. The Bertz CT molecular complexity index is 1570. The van der Waals surface area contributed by atoms with Crippen LogP contribution in [-0.2, 0) is 11.4 Å². The van der Waals surface area contributed by atoms with Crippen LogP contribution in [-0.4, -0.2) is 42.0 Å². The summed E-state index contributed by atoms with van der Waals surface area (Å²) in [6.07, 6.45) is 1.43. The standard InChI is InChI=1S/C29H28ClN5O5/c1-17-25(28(36)34-22-13-12-20(37-2)14-24(22)39-4)26(35-29(33-17)31-16-32-35)21-6-5-7-23(38-3)27(21)40-15-18-8-10-19(30)11-9-18/h5-14,16,26H,15H2,1-4H3,(H,34,36)(H,31,32,33)/t26-/m1/s1. The number of nitrogens with one attached hydrogen (secondary N) is 2. The van der Waals surface area contributed by atoms with Crippen LogP contribution in [0.15, 0.2) is 78.3 Å². The molecule has 0 saturated heterocycles. The number of amides is 1. The normalized spacial score (nSPS) is 14.2. The smallest absolute Gasteiger partial charge is 0.255 e. The second-order valence-electron chi connectivity index (χ2n) is 8.91. The first-order valence-corrected chi connectivity index (χ1v) is 12.8. The second-order valence-corrected chi connectivity index (χ2v) is 9.34. The first kappa shape index (κ1) is 26.9. The van der Waals surface area contributed by atoms with Crippen LogP contribution in [0.1, 0.15) is 24.1 Å². The fourth-order valence-electron chi connectivity index (χ4n) is 4.56. The molecule has 0 spiro atoms. The predicted octanol–water partition coefficient (Wildman–Crippen LogP) is 5.46. The van der Waals surface area contributed by atoms with E-state index >= 15 is 0 Å². The summed E-state index contributed by atoms with van der Waals surface area (Å²) in [5.74, 6) is 2.20. The minimum Gasteiger partial charge on any atom is -0.497 e. The van der Waals surface area contributed by atoms with Crippen LogP contribution < -0.4 is 29.6 Å². The van der Waals surface area contributed by atoms with Gasteiger partial charge in [-0.3, -0.25) is 4.79 Å². The molecular weight excluding hydrogens is 534 g/mol. The molecular formula is C29H28ClN5O5. The summed E-state index contributed by atoms with van der Waals surface area (Å²) in [5, 5.41) is 11.3. The first-order chi connectivity index (χ1) is 19.4. The Morgan fingerprint density at radius 3 is 2.52 bits per heavy atom. The number of rotatable bonds is 9. The Morgan fingerprint density at radius 2 is 1.80 bits per heavy atom. The molecule has 1 amide bonds. The summed E-state index contributed by atoms with van der Waals surface area (Å²) in [5.41, 5.74) is 3.11. The van der Waals surface area contributed by atoms with Crippen molar-refractivity contribution in [2.45, 2.75) is 19.6 Å². The topological polar surface area (TPSA) is 109 Å². The van der Waals surface area contributed by atoms with E-state index in [1.807, 2.05) is 37.3 Å². The lowest BCUT2D eigenvalue weighted by atomic mass is 9.93. The van der Waals surface area contributed by atoms with Gasteiger partial charge in [0.1, 0.15) is 30.5 Å². The number of hydrogen-bond acceptors (Lipinski definition) is 8. The highest BCUT2D eigenvalue weighted by molar-refractivity contribution is 6.30. The molecule has 0 aliphatic carbocycles. The number of fused-ring (bicyclic) bond motifs is 1. The molecule has 40 heavy (non-hydrogen) atoms. The second kappa shape index (κ2) is 11.6. The van der Waals surface area contributed by atoms with E-state index in [9.17, 15) is 4.79 Å². The van der Waals surface area contributed by atoms with Gasteiger partial charge >= 0.3 is 0 Å². The maximum atomic E-state index is 14.0. The molecule has 1 aromatic heterocycles. The number of anilines is 2. The third-order valence-corrected chi connectivity index (χ3v) is 6.77. The zero-order chi connectivity index (χ0) is 28.2. The van der Waals surface area contributed by atoms with E-state index in [-0.39, 0.29) is 12.5 Å². The third kappa shape index (κ3) is 5.26. The zero-order valence-corrected chi connectivity index (χ0v) is 23.2. The highest BCUT2D eigenvalue weighted by atomic mass is 35.5. The zero-order valence-electron chi connectivity index (χ0n) is 22.4. The molecule has 2 N–H and O–H groups in total. The van der Waals surface area contributed by atoms with E-state index in [1.165, 1.54) is 13.4 Å². The van der Waals surface area contributed by atoms with Crippen LogP contribution >= 0.6 is 11.6 Å². The van der Waals surface area contributed by atoms with Crippen molar-refractivity contribution < 1.29 is 23.7 Å². The van der Waals surface area contributed by atoms with E-state index in [2.05, 4.69) is 20.7 Å². The van der Waals surface area contributed by atoms with Gasteiger partial charge in [0.25, 0.3) is 5.91 Å². The van der Waals surface area contributed by atoms with Gasteiger partial charge in [-0.05, 0) is 42.8 Å². The number of methoxy groups -OCH3 is 3. The van der Waals surface area contributed by atoms with Crippen LogP contribution in [0.25, 0.3) is 0 Å². The Kier molecular flexibility index (Phi) is 7.79. The molecule has 4 aromatic rings. The molecule has 5 rings (SSSR count). The molecule has 3 aromatic carbocycles. The van der Waals surface area contributed by atoms with Crippen LogP contribution in [0.5, 0.6) is 23.0 Å². The molecule has 10 nitrogen and oxygen atoms in total. The summed E-state index contributed by atoms with van der Waals surface area (Å²) >= 11 is 6.05. The number of allylic oxidation sites excluding steroid dienone is 1. The van der Waals surface area contributed by atoms with Crippen molar-refractivity contribution in [1.82, 2.24) is 14.8 Å². The van der Waals surface area contributed by atoms with Gasteiger partial charge in [0.2, 0.25) is 5.95 Å². The van der Waals surface area contributed by atoms with Crippen LogP contribution in [0.4, 0.5) is 11.6 Å². The van der Waals surface area contributed by atoms with Crippen molar-refractivity contribution in [2.24, 2.45) is 0 Å². The molecule has 1 aliphatic heterocycles. The number of para-hydroxylation sites is 1. The molecule has 0 fully saturated rings. The van der Waals surface area contributed by atoms with E-state index in [1.54, 1.807) is 49.2 Å². The SMILES string of the molecule is COc1ccc(NC(=O)C2=C(C)Nc3ncnn3[C@@H]2c2cccc(OC)c2OCc2ccc(Cl)cc2)c(OC)c1. The molecule has 0 bridgehead atoms. The highest BCUT2D eigenvalue weighted by Crippen LogP contribution is 2.43. The number of hydrogen-bond donors (Lipinski definition) is 2. The van der Waals surface area contributed by atoms with Gasteiger partial charge in [-0.2, -0.15) is 10.1 Å². The highest BCUT2D eigenvalue weighted by Gasteiger charge is 2.36. The summed E-state index contributed by atoms with van der Waals surface area (Å²) in [7, 11) is 4.67. The minimum atomic E-state index is -0.682. The van der Waals surface area contributed by atoms with Crippen molar-refractivity contribution in [3.8, 4) is 23.0 Å². The van der Waals surface area contributed by atoms with Crippen molar-refractivity contribution >= 4 is 29.1 Å². The van der Waals surface area contributed by atoms with Gasteiger partial charge in [0, 0.05) is 22.3 Å². The maximum absolute atomic E-state index is 14.0. The average Bonchev–Trinajstić information content (AvgIpc) is 3.44. The largest absolute Gasteiger partial charge is 0.497 e. The number of carbonyl (C=O) groups is 1. The van der Waals surface area contributed by atoms with Gasteiger partial charge in [-0.25, -0.2) is 4.68 Å². The van der Waals surface area contributed by atoms with Gasteiger partial charge in [-0.15, -0.1) is 0 Å². The Labute approximate surface area is 236 Å². The lowest BCUT2D eigenvalue weighted by Gasteiger charge is -2.30. The fraction of sp³-hybridized carbons (Fsp3) is 0.207. The predicted molar refractivity (Wildman–Crippen MR) is 151 cm³/mol. The van der Waals surface area contributed by atoms with Gasteiger partial charge in [0.05, 0.1) is 32.6 Å². The Balaban J connectivity index is 1.56. The van der Waals surface area contributed by atoms with Gasteiger partial charge in [0.15, 0.2) is 11.5 Å². The Hall–Kier alpha value is -4.70. The number of nitrogens with zero attached hydrogens (tertiary/aromatic N) is 3. The van der Waals surface area contributed by atoms with Gasteiger partial charge in [-0.1, -0.05) is 35.9 Å². The third-order valence-electron chi connectivity index (χ3n) is 6.52. The quantitative estimate of drug-likeness (QED) is 0.277. The minimum absolute atomic E-state index is 0.257. The lowest BCUT2D eigenvalue weighted by Crippen LogP contribution is -2.32. The maximum Gasteiger partial charge on any atom is 0.255 e. The molecule has 2 heterocycles. The van der Waals surface area contributed by atoms with E-state index in [0.29, 0.717) is 56.5 Å². The van der Waals surface area contributed by atoms with Crippen molar-refractivity contribution in [3.63, 3.8) is 0 Å². The van der Waals surface area contributed by atoms with Crippen molar-refractivity contribution in [1.29, 1.82) is 0 Å². The summed E-state index contributed by atoms with van der Waals surface area (Å²) in [6, 6.07) is 17.4. The van der Waals surface area contributed by atoms with Crippen LogP contribution in [0.3, 0.4) is 0 Å². The first-order valence-electron chi connectivity index (χ1n) is 12.4. The molecule has 206 valence electrons. The Morgan fingerprint density at radius 1 is 1.02 bits per heavy atom. The summed E-state index contributed by atoms with van der Waals surface area (Å²) in [6.45, 7) is 2.08. The average molecular weight is 562 g/mol. The number of aromatic nitrogens is 3. The van der Waals surface area contributed by atoms with Crippen molar-refractivity contribution in [3.05, 3.63) is 94.4 Å². The number of benzene rings is 3. The fourth-order valence-corrected chi connectivity index (χ4v) is 4.69. The number of halogens is 1. The molecule has 0 saturated carbocycles. The molecule has 0 radical (unpaired) electrons. The molecule has 11 heteroatoms.